The van der Waals surface area contributed by atoms with Crippen molar-refractivity contribution in [3.05, 3.63) is 60.2 Å². The number of nitrogens with one attached hydrogen (secondary N) is 1. The number of hydrogen-bond acceptors (Lipinski definition) is 3. The third kappa shape index (κ3) is 4.50. The SMILES string of the molecule is CN=C(NCC1(c2ccccc2OC)CC1)N1CCC(Oc2ccccc2)CC1. The van der Waals surface area contributed by atoms with Crippen LogP contribution in [0.15, 0.2) is 59.6 Å². The summed E-state index contributed by atoms with van der Waals surface area (Å²) in [6.45, 7) is 2.80. The van der Waals surface area contributed by atoms with E-state index >= 15 is 0 Å². The van der Waals surface area contributed by atoms with Crippen LogP contribution in [0.3, 0.4) is 0 Å². The van der Waals surface area contributed by atoms with Gasteiger partial charge in [-0.25, -0.2) is 0 Å². The van der Waals surface area contributed by atoms with Crippen molar-refractivity contribution >= 4 is 5.96 Å². The van der Waals surface area contributed by atoms with Gasteiger partial charge in [0.1, 0.15) is 17.6 Å². The average Bonchev–Trinajstić information content (AvgIpc) is 3.57. The zero-order valence-corrected chi connectivity index (χ0v) is 17.4. The Morgan fingerprint density at radius 2 is 1.76 bits per heavy atom. The van der Waals surface area contributed by atoms with Gasteiger partial charge in [-0.15, -0.1) is 0 Å². The standard InChI is InChI=1S/C24H31N3O2/c1-25-23(26-18-24(14-15-24)21-10-6-7-11-22(21)28-2)27-16-12-20(13-17-27)29-19-8-4-3-5-9-19/h3-11,20H,12-18H2,1-2H3,(H,25,26). The molecule has 29 heavy (non-hydrogen) atoms. The van der Waals surface area contributed by atoms with E-state index in [0.29, 0.717) is 0 Å². The minimum atomic E-state index is 0.164. The summed E-state index contributed by atoms with van der Waals surface area (Å²) in [6.07, 6.45) is 4.66. The van der Waals surface area contributed by atoms with E-state index in [9.17, 15) is 0 Å². The molecule has 1 heterocycles. The van der Waals surface area contributed by atoms with E-state index in [2.05, 4.69) is 33.4 Å². The quantitative estimate of drug-likeness (QED) is 0.598. The topological polar surface area (TPSA) is 46.1 Å². The van der Waals surface area contributed by atoms with Gasteiger partial charge < -0.3 is 19.7 Å². The number of guanidine groups is 1. The van der Waals surface area contributed by atoms with Gasteiger partial charge in [0.05, 0.1) is 7.11 Å². The second-order valence-electron chi connectivity index (χ2n) is 8.00. The molecule has 0 aromatic heterocycles. The maximum Gasteiger partial charge on any atom is 0.193 e. The summed E-state index contributed by atoms with van der Waals surface area (Å²) >= 11 is 0. The highest BCUT2D eigenvalue weighted by Crippen LogP contribution is 2.50. The van der Waals surface area contributed by atoms with Gasteiger partial charge >= 0.3 is 0 Å². The first-order valence-electron chi connectivity index (χ1n) is 10.5. The van der Waals surface area contributed by atoms with Gasteiger partial charge in [-0.3, -0.25) is 4.99 Å². The van der Waals surface area contributed by atoms with Crippen molar-refractivity contribution in [3.63, 3.8) is 0 Å². The summed E-state index contributed by atoms with van der Waals surface area (Å²) in [4.78, 5) is 6.90. The van der Waals surface area contributed by atoms with Gasteiger partial charge in [0.15, 0.2) is 5.96 Å². The minimum Gasteiger partial charge on any atom is -0.496 e. The second kappa shape index (κ2) is 8.76. The fraction of sp³-hybridized carbons (Fsp3) is 0.458. The van der Waals surface area contributed by atoms with Gasteiger partial charge in [-0.1, -0.05) is 36.4 Å². The highest BCUT2D eigenvalue weighted by molar-refractivity contribution is 5.80. The van der Waals surface area contributed by atoms with Crippen molar-refractivity contribution < 1.29 is 9.47 Å². The first kappa shape index (κ1) is 19.6. The van der Waals surface area contributed by atoms with Crippen LogP contribution in [-0.4, -0.2) is 50.8 Å². The van der Waals surface area contributed by atoms with Crippen molar-refractivity contribution in [1.29, 1.82) is 0 Å². The molecule has 0 amide bonds. The number of rotatable bonds is 6. The number of methoxy groups -OCH3 is 1. The Labute approximate surface area is 173 Å². The smallest absolute Gasteiger partial charge is 0.193 e. The van der Waals surface area contributed by atoms with E-state index in [1.807, 2.05) is 43.4 Å². The van der Waals surface area contributed by atoms with E-state index < -0.39 is 0 Å². The molecular formula is C24H31N3O2. The van der Waals surface area contributed by atoms with Crippen LogP contribution in [0.1, 0.15) is 31.2 Å². The van der Waals surface area contributed by atoms with Crippen molar-refractivity contribution in [1.82, 2.24) is 10.2 Å². The molecule has 4 rings (SSSR count). The van der Waals surface area contributed by atoms with Gasteiger partial charge in [0.2, 0.25) is 0 Å². The number of ether oxygens (including phenoxy) is 2. The number of aliphatic imine (C=N–C) groups is 1. The highest BCUT2D eigenvalue weighted by Gasteiger charge is 2.46. The molecular weight excluding hydrogens is 362 g/mol. The lowest BCUT2D eigenvalue weighted by Gasteiger charge is -2.35. The third-order valence-electron chi connectivity index (χ3n) is 6.12. The number of likely N-dealkylation sites (tertiary alicyclic amines) is 1. The Morgan fingerprint density at radius 1 is 1.07 bits per heavy atom. The maximum absolute atomic E-state index is 6.12. The number of benzene rings is 2. The number of nitrogens with zero attached hydrogens (tertiary/aromatic N) is 2. The van der Waals surface area contributed by atoms with Crippen LogP contribution in [-0.2, 0) is 5.41 Å². The number of piperidine rings is 1. The molecule has 154 valence electrons. The van der Waals surface area contributed by atoms with Gasteiger partial charge in [-0.2, -0.15) is 0 Å². The molecule has 1 aliphatic carbocycles. The van der Waals surface area contributed by atoms with Crippen molar-refractivity contribution in [2.24, 2.45) is 4.99 Å². The molecule has 2 fully saturated rings. The Kier molecular flexibility index (Phi) is 5.93. The van der Waals surface area contributed by atoms with E-state index in [1.54, 1.807) is 7.11 Å². The summed E-state index contributed by atoms with van der Waals surface area (Å²) in [7, 11) is 3.63. The lowest BCUT2D eigenvalue weighted by molar-refractivity contribution is 0.129. The molecule has 2 aromatic rings. The summed E-state index contributed by atoms with van der Waals surface area (Å²) in [5.74, 6) is 2.94. The summed E-state index contributed by atoms with van der Waals surface area (Å²) < 4.78 is 11.7. The predicted molar refractivity (Wildman–Crippen MR) is 117 cm³/mol. The molecule has 0 spiro atoms. The van der Waals surface area contributed by atoms with Crippen LogP contribution >= 0.6 is 0 Å². The Hall–Kier alpha value is -2.69. The van der Waals surface area contributed by atoms with Crippen LogP contribution in [0.25, 0.3) is 0 Å². The Morgan fingerprint density at radius 3 is 2.41 bits per heavy atom. The monoisotopic (exact) mass is 393 g/mol. The van der Waals surface area contributed by atoms with Crippen LogP contribution < -0.4 is 14.8 Å². The van der Waals surface area contributed by atoms with E-state index in [4.69, 9.17) is 9.47 Å². The molecule has 5 heteroatoms. The summed E-state index contributed by atoms with van der Waals surface area (Å²) in [5.41, 5.74) is 1.47. The first-order chi connectivity index (χ1) is 14.2. The molecule has 2 aliphatic rings. The van der Waals surface area contributed by atoms with E-state index in [1.165, 1.54) is 18.4 Å². The van der Waals surface area contributed by atoms with Crippen molar-refractivity contribution in [3.8, 4) is 11.5 Å². The summed E-state index contributed by atoms with van der Waals surface area (Å²) in [5, 5.41) is 3.64. The number of para-hydroxylation sites is 2. The lowest BCUT2D eigenvalue weighted by atomic mass is 9.95. The molecule has 0 unspecified atom stereocenters. The molecule has 0 bridgehead atoms. The molecule has 0 radical (unpaired) electrons. The zero-order valence-electron chi connectivity index (χ0n) is 17.4. The highest BCUT2D eigenvalue weighted by atomic mass is 16.5. The first-order valence-corrected chi connectivity index (χ1v) is 10.5. The van der Waals surface area contributed by atoms with Crippen molar-refractivity contribution in [2.75, 3.05) is 33.8 Å². The Bertz CT molecular complexity index is 825. The van der Waals surface area contributed by atoms with Crippen LogP contribution in [0.2, 0.25) is 0 Å². The molecule has 1 N–H and O–H groups in total. The molecule has 5 nitrogen and oxygen atoms in total. The maximum atomic E-state index is 6.12. The van der Waals surface area contributed by atoms with E-state index in [0.717, 1.165) is 49.9 Å². The van der Waals surface area contributed by atoms with Gasteiger partial charge in [0, 0.05) is 50.5 Å². The van der Waals surface area contributed by atoms with Crippen LogP contribution in [0.5, 0.6) is 11.5 Å². The number of hydrogen-bond donors (Lipinski definition) is 1. The zero-order chi connectivity index (χ0) is 20.1. The minimum absolute atomic E-state index is 0.164. The average molecular weight is 394 g/mol. The van der Waals surface area contributed by atoms with E-state index in [-0.39, 0.29) is 11.5 Å². The fourth-order valence-corrected chi connectivity index (χ4v) is 4.23. The Balaban J connectivity index is 1.31. The van der Waals surface area contributed by atoms with Gasteiger partial charge in [-0.05, 0) is 31.0 Å². The molecule has 1 saturated heterocycles. The fourth-order valence-electron chi connectivity index (χ4n) is 4.23. The lowest BCUT2D eigenvalue weighted by Crippen LogP contribution is -2.49. The third-order valence-corrected chi connectivity index (χ3v) is 6.12. The normalized spacial score (nSPS) is 19.0. The molecule has 1 aliphatic heterocycles. The summed E-state index contributed by atoms with van der Waals surface area (Å²) in [6, 6.07) is 18.5. The van der Waals surface area contributed by atoms with Crippen LogP contribution in [0.4, 0.5) is 0 Å². The van der Waals surface area contributed by atoms with Gasteiger partial charge in [0.25, 0.3) is 0 Å². The van der Waals surface area contributed by atoms with Crippen molar-refractivity contribution in [2.45, 2.75) is 37.2 Å². The molecule has 2 aromatic carbocycles. The van der Waals surface area contributed by atoms with Crippen LogP contribution in [0, 0.1) is 0 Å². The molecule has 1 saturated carbocycles. The predicted octanol–water partition coefficient (Wildman–Crippen LogP) is 3.85. The largest absolute Gasteiger partial charge is 0.496 e. The second-order valence-corrected chi connectivity index (χ2v) is 8.00. The molecule has 0 atom stereocenters.